The maximum absolute atomic E-state index is 11.6. The summed E-state index contributed by atoms with van der Waals surface area (Å²) in [5.41, 5.74) is 0.328. The molecule has 0 aromatic rings. The van der Waals surface area contributed by atoms with E-state index in [1.165, 1.54) is 4.90 Å². The summed E-state index contributed by atoms with van der Waals surface area (Å²) < 4.78 is 0. The summed E-state index contributed by atoms with van der Waals surface area (Å²) in [5, 5.41) is 2.52. The minimum atomic E-state index is -0.349. The predicted octanol–water partition coefficient (Wildman–Crippen LogP) is 0.350. The van der Waals surface area contributed by atoms with E-state index in [9.17, 15) is 9.59 Å². The lowest BCUT2D eigenvalue weighted by atomic mass is 10.3. The number of imide groups is 1. The first-order valence-corrected chi connectivity index (χ1v) is 4.46. The number of amides is 3. The van der Waals surface area contributed by atoms with Gasteiger partial charge in [0.2, 0.25) is 0 Å². The predicted molar refractivity (Wildman–Crippen MR) is 52.3 cm³/mol. The Bertz CT molecular complexity index is 294. The minimum Gasteiger partial charge on any atom is -0.382 e. The van der Waals surface area contributed by atoms with E-state index in [1.54, 1.807) is 39.0 Å². The molecule has 1 saturated heterocycles. The molecule has 0 aromatic carbocycles. The van der Waals surface area contributed by atoms with E-state index in [4.69, 9.17) is 0 Å². The maximum atomic E-state index is 11.6. The van der Waals surface area contributed by atoms with Crippen LogP contribution < -0.4 is 5.32 Å². The highest BCUT2D eigenvalue weighted by atomic mass is 16.2. The Labute approximate surface area is 83.4 Å². The highest BCUT2D eigenvalue weighted by Gasteiger charge is 2.35. The Kier molecular flexibility index (Phi) is 2.78. The number of carbonyl (C=O) groups excluding carboxylic acids is 2. The molecule has 5 nitrogen and oxygen atoms in total. The van der Waals surface area contributed by atoms with Crippen LogP contribution >= 0.6 is 0 Å². The van der Waals surface area contributed by atoms with Gasteiger partial charge in [-0.1, -0.05) is 0 Å². The van der Waals surface area contributed by atoms with Gasteiger partial charge in [0.25, 0.3) is 5.91 Å². The van der Waals surface area contributed by atoms with E-state index in [2.05, 4.69) is 5.32 Å². The molecule has 1 fully saturated rings. The minimum absolute atomic E-state index is 0.115. The van der Waals surface area contributed by atoms with Gasteiger partial charge in [-0.25, -0.2) is 4.79 Å². The molecule has 0 atom stereocenters. The van der Waals surface area contributed by atoms with Gasteiger partial charge < -0.3 is 10.2 Å². The number of nitrogens with one attached hydrogen (secondary N) is 1. The molecule has 0 aromatic heterocycles. The van der Waals surface area contributed by atoms with E-state index in [0.717, 1.165) is 0 Å². The van der Waals surface area contributed by atoms with Crippen molar-refractivity contribution in [2.24, 2.45) is 0 Å². The van der Waals surface area contributed by atoms with E-state index in [1.807, 2.05) is 0 Å². The lowest BCUT2D eigenvalue weighted by Crippen LogP contribution is -2.36. The molecule has 1 rings (SSSR count). The average Bonchev–Trinajstić information content (AvgIpc) is 2.25. The molecule has 3 amide bonds. The first kappa shape index (κ1) is 10.6. The third kappa shape index (κ3) is 1.86. The Hall–Kier alpha value is -1.52. The first-order chi connectivity index (χ1) is 6.43. The second-order valence-electron chi connectivity index (χ2n) is 3.71. The van der Waals surface area contributed by atoms with Crippen molar-refractivity contribution in [3.63, 3.8) is 0 Å². The molecule has 78 valence electrons. The van der Waals surface area contributed by atoms with Crippen LogP contribution in [0, 0.1) is 0 Å². The van der Waals surface area contributed by atoms with Gasteiger partial charge in [-0.15, -0.1) is 0 Å². The van der Waals surface area contributed by atoms with Gasteiger partial charge >= 0.3 is 6.03 Å². The average molecular weight is 197 g/mol. The molecule has 0 bridgehead atoms. The second kappa shape index (κ2) is 3.69. The van der Waals surface area contributed by atoms with Crippen LogP contribution in [0.4, 0.5) is 4.79 Å². The van der Waals surface area contributed by atoms with Crippen LogP contribution in [0.2, 0.25) is 0 Å². The standard InChI is InChI=1S/C9H15N3O2/c1-6(2)12-8(13)7(5-11(3)4)10-9(12)14/h5-6H,1-4H3,(H,10,14). The highest BCUT2D eigenvalue weighted by molar-refractivity contribution is 6.11. The van der Waals surface area contributed by atoms with Gasteiger partial charge in [0, 0.05) is 26.3 Å². The number of carbonyl (C=O) groups is 2. The van der Waals surface area contributed by atoms with Crippen molar-refractivity contribution in [2.45, 2.75) is 19.9 Å². The molecule has 1 N–H and O–H groups in total. The summed E-state index contributed by atoms with van der Waals surface area (Å²) in [6.07, 6.45) is 1.60. The van der Waals surface area contributed by atoms with Crippen LogP contribution in [0.1, 0.15) is 13.8 Å². The topological polar surface area (TPSA) is 52.7 Å². The van der Waals surface area contributed by atoms with Gasteiger partial charge in [0.05, 0.1) is 0 Å². The van der Waals surface area contributed by atoms with Crippen LogP contribution in [-0.4, -0.2) is 41.9 Å². The summed E-state index contributed by atoms with van der Waals surface area (Å²) in [5.74, 6) is -0.265. The monoisotopic (exact) mass is 197 g/mol. The normalized spacial score (nSPS) is 19.5. The van der Waals surface area contributed by atoms with Crippen molar-refractivity contribution in [3.05, 3.63) is 11.9 Å². The fourth-order valence-electron chi connectivity index (χ4n) is 1.27. The molecule has 0 unspecified atom stereocenters. The zero-order valence-corrected chi connectivity index (χ0v) is 8.87. The molecule has 0 spiro atoms. The Balaban J connectivity index is 2.90. The fourth-order valence-corrected chi connectivity index (χ4v) is 1.27. The van der Waals surface area contributed by atoms with Crippen molar-refractivity contribution in [1.82, 2.24) is 15.1 Å². The first-order valence-electron chi connectivity index (χ1n) is 4.46. The van der Waals surface area contributed by atoms with E-state index in [-0.39, 0.29) is 18.0 Å². The number of nitrogens with zero attached hydrogens (tertiary/aromatic N) is 2. The second-order valence-corrected chi connectivity index (χ2v) is 3.71. The molecule has 0 aliphatic carbocycles. The van der Waals surface area contributed by atoms with Crippen LogP contribution in [0.25, 0.3) is 0 Å². The van der Waals surface area contributed by atoms with Crippen molar-refractivity contribution >= 4 is 11.9 Å². The summed E-state index contributed by atoms with van der Waals surface area (Å²) in [7, 11) is 3.59. The Morgan fingerprint density at radius 2 is 1.93 bits per heavy atom. The van der Waals surface area contributed by atoms with Crippen molar-refractivity contribution in [3.8, 4) is 0 Å². The molecule has 0 saturated carbocycles. The SMILES string of the molecule is CC(C)N1C(=O)NC(=CN(C)C)C1=O. The lowest BCUT2D eigenvalue weighted by molar-refractivity contribution is -0.124. The van der Waals surface area contributed by atoms with Crippen LogP contribution in [-0.2, 0) is 4.79 Å². The third-order valence-corrected chi connectivity index (χ3v) is 1.81. The van der Waals surface area contributed by atoms with E-state index in [0.29, 0.717) is 5.70 Å². The zero-order chi connectivity index (χ0) is 10.9. The van der Waals surface area contributed by atoms with E-state index < -0.39 is 0 Å². The smallest absolute Gasteiger partial charge is 0.329 e. The lowest BCUT2D eigenvalue weighted by Gasteiger charge is -2.15. The van der Waals surface area contributed by atoms with Gasteiger partial charge in [-0.3, -0.25) is 9.69 Å². The van der Waals surface area contributed by atoms with Crippen molar-refractivity contribution < 1.29 is 9.59 Å². The summed E-state index contributed by atoms with van der Waals surface area (Å²) in [6, 6.07) is -0.464. The summed E-state index contributed by atoms with van der Waals surface area (Å²) in [6.45, 7) is 3.60. The largest absolute Gasteiger partial charge is 0.382 e. The number of urea groups is 1. The molecular weight excluding hydrogens is 182 g/mol. The molecule has 1 heterocycles. The van der Waals surface area contributed by atoms with Crippen LogP contribution in [0.5, 0.6) is 0 Å². The van der Waals surface area contributed by atoms with Crippen LogP contribution in [0.3, 0.4) is 0 Å². The maximum Gasteiger partial charge on any atom is 0.329 e. The van der Waals surface area contributed by atoms with Gasteiger partial charge in [-0.05, 0) is 13.8 Å². The van der Waals surface area contributed by atoms with E-state index >= 15 is 0 Å². The number of rotatable bonds is 2. The van der Waals surface area contributed by atoms with Gasteiger partial charge in [-0.2, -0.15) is 0 Å². The Morgan fingerprint density at radius 1 is 1.36 bits per heavy atom. The molecule has 0 radical (unpaired) electrons. The van der Waals surface area contributed by atoms with Gasteiger partial charge in [0.1, 0.15) is 5.70 Å². The van der Waals surface area contributed by atoms with Crippen LogP contribution in [0.15, 0.2) is 11.9 Å². The molecule has 1 aliphatic rings. The summed E-state index contributed by atoms with van der Waals surface area (Å²) >= 11 is 0. The third-order valence-electron chi connectivity index (χ3n) is 1.81. The zero-order valence-electron chi connectivity index (χ0n) is 8.87. The molecule has 5 heteroatoms. The van der Waals surface area contributed by atoms with Crippen molar-refractivity contribution in [2.75, 3.05) is 14.1 Å². The Morgan fingerprint density at radius 3 is 2.29 bits per heavy atom. The molecule has 14 heavy (non-hydrogen) atoms. The highest BCUT2D eigenvalue weighted by Crippen LogP contribution is 2.12. The van der Waals surface area contributed by atoms with Gasteiger partial charge in [0.15, 0.2) is 0 Å². The molecular formula is C9H15N3O2. The summed E-state index contributed by atoms with van der Waals surface area (Å²) in [4.78, 5) is 25.9. The fraction of sp³-hybridized carbons (Fsp3) is 0.556. The number of hydrogen-bond donors (Lipinski definition) is 1. The quantitative estimate of drug-likeness (QED) is 0.513. The van der Waals surface area contributed by atoms with Crippen molar-refractivity contribution in [1.29, 1.82) is 0 Å². The molecule has 1 aliphatic heterocycles. The number of hydrogen-bond acceptors (Lipinski definition) is 3.